The van der Waals surface area contributed by atoms with Gasteiger partial charge in [0.05, 0.1) is 17.7 Å². The fourth-order valence-electron chi connectivity index (χ4n) is 3.13. The average Bonchev–Trinajstić information content (AvgIpc) is 2.75. The van der Waals surface area contributed by atoms with Crippen molar-refractivity contribution in [2.45, 2.75) is 18.4 Å². The van der Waals surface area contributed by atoms with Gasteiger partial charge in [-0.1, -0.05) is 36.4 Å². The third-order valence-corrected chi connectivity index (χ3v) is 6.30. The first kappa shape index (κ1) is 22.3. The van der Waals surface area contributed by atoms with E-state index in [1.165, 1.54) is 31.2 Å². The SMILES string of the molecule is COc1ccccc1NS(=O)(=O)c1cc(C(=O)N(C)Cc2ccccc2F)ccc1C. The molecule has 0 unspecified atom stereocenters. The van der Waals surface area contributed by atoms with E-state index >= 15 is 0 Å². The molecule has 0 spiro atoms. The van der Waals surface area contributed by atoms with Gasteiger partial charge in [0.2, 0.25) is 0 Å². The molecule has 0 bridgehead atoms. The lowest BCUT2D eigenvalue weighted by atomic mass is 10.1. The number of hydrogen-bond acceptors (Lipinski definition) is 4. The molecule has 0 aliphatic rings. The van der Waals surface area contributed by atoms with Crippen molar-refractivity contribution in [1.82, 2.24) is 4.90 Å². The van der Waals surface area contributed by atoms with Crippen LogP contribution in [0.15, 0.2) is 71.6 Å². The highest BCUT2D eigenvalue weighted by molar-refractivity contribution is 7.92. The van der Waals surface area contributed by atoms with Gasteiger partial charge in [0.15, 0.2) is 0 Å². The summed E-state index contributed by atoms with van der Waals surface area (Å²) in [4.78, 5) is 14.2. The Morgan fingerprint density at radius 1 is 1.06 bits per heavy atom. The fraction of sp³-hybridized carbons (Fsp3) is 0.174. The molecule has 3 rings (SSSR count). The zero-order valence-corrected chi connectivity index (χ0v) is 18.2. The van der Waals surface area contributed by atoms with Crippen LogP contribution < -0.4 is 9.46 Å². The van der Waals surface area contributed by atoms with Gasteiger partial charge in [0, 0.05) is 24.7 Å². The number of methoxy groups -OCH3 is 1. The van der Waals surface area contributed by atoms with Crippen LogP contribution in [0.5, 0.6) is 5.75 Å². The van der Waals surface area contributed by atoms with Crippen LogP contribution in [0.2, 0.25) is 0 Å². The molecule has 6 nitrogen and oxygen atoms in total. The second-order valence-corrected chi connectivity index (χ2v) is 8.69. The minimum atomic E-state index is -3.98. The predicted molar refractivity (Wildman–Crippen MR) is 117 cm³/mol. The van der Waals surface area contributed by atoms with Gasteiger partial charge < -0.3 is 9.64 Å². The molecule has 8 heteroatoms. The van der Waals surface area contributed by atoms with Gasteiger partial charge in [-0.15, -0.1) is 0 Å². The van der Waals surface area contributed by atoms with Crippen LogP contribution in [0.25, 0.3) is 0 Å². The molecule has 0 aromatic heterocycles. The number of nitrogens with zero attached hydrogens (tertiary/aromatic N) is 1. The highest BCUT2D eigenvalue weighted by Gasteiger charge is 2.22. The van der Waals surface area contributed by atoms with E-state index in [9.17, 15) is 17.6 Å². The van der Waals surface area contributed by atoms with Gasteiger partial charge in [-0.3, -0.25) is 9.52 Å². The van der Waals surface area contributed by atoms with E-state index in [4.69, 9.17) is 4.74 Å². The van der Waals surface area contributed by atoms with Gasteiger partial charge in [-0.2, -0.15) is 0 Å². The van der Waals surface area contributed by atoms with Crippen LogP contribution in [-0.2, 0) is 16.6 Å². The Labute approximate surface area is 181 Å². The number of rotatable bonds is 7. The monoisotopic (exact) mass is 442 g/mol. The maximum absolute atomic E-state index is 13.9. The maximum Gasteiger partial charge on any atom is 0.262 e. The van der Waals surface area contributed by atoms with Crippen molar-refractivity contribution in [3.63, 3.8) is 0 Å². The van der Waals surface area contributed by atoms with Crippen molar-refractivity contribution in [3.05, 3.63) is 89.2 Å². The first-order valence-corrected chi connectivity index (χ1v) is 11.0. The number of hydrogen-bond donors (Lipinski definition) is 1. The summed E-state index contributed by atoms with van der Waals surface area (Å²) >= 11 is 0. The van der Waals surface area contributed by atoms with Crippen LogP contribution in [0, 0.1) is 12.7 Å². The minimum absolute atomic E-state index is 0.0245. The number of carbonyl (C=O) groups excluding carboxylic acids is 1. The lowest BCUT2D eigenvalue weighted by molar-refractivity contribution is 0.0783. The summed E-state index contributed by atoms with van der Waals surface area (Å²) in [6.45, 7) is 1.70. The molecule has 31 heavy (non-hydrogen) atoms. The van der Waals surface area contributed by atoms with Gasteiger partial charge in [-0.05, 0) is 42.8 Å². The summed E-state index contributed by atoms with van der Waals surface area (Å²) in [5.41, 5.74) is 1.33. The summed E-state index contributed by atoms with van der Waals surface area (Å²) in [6, 6.07) is 17.3. The van der Waals surface area contributed by atoms with E-state index in [0.29, 0.717) is 16.9 Å². The zero-order valence-electron chi connectivity index (χ0n) is 17.4. The van der Waals surface area contributed by atoms with Crippen LogP contribution >= 0.6 is 0 Å². The number of sulfonamides is 1. The van der Waals surface area contributed by atoms with Gasteiger partial charge in [-0.25, -0.2) is 12.8 Å². The quantitative estimate of drug-likeness (QED) is 0.595. The predicted octanol–water partition coefficient (Wildman–Crippen LogP) is 4.22. The molecule has 0 aliphatic carbocycles. The topological polar surface area (TPSA) is 75.7 Å². The molecule has 3 aromatic rings. The van der Waals surface area contributed by atoms with Crippen molar-refractivity contribution in [2.75, 3.05) is 18.9 Å². The first-order valence-electron chi connectivity index (χ1n) is 9.48. The molecule has 1 N–H and O–H groups in total. The molecule has 0 saturated heterocycles. The lowest BCUT2D eigenvalue weighted by Gasteiger charge is -2.19. The van der Waals surface area contributed by atoms with Crippen LogP contribution in [0.3, 0.4) is 0 Å². The number of ether oxygens (including phenoxy) is 1. The van der Waals surface area contributed by atoms with Crippen molar-refractivity contribution in [3.8, 4) is 5.75 Å². The standard InChI is InChI=1S/C23H23FN2O4S/c1-16-12-13-17(23(27)26(2)15-18-8-4-5-9-19(18)24)14-22(16)31(28,29)25-20-10-6-7-11-21(20)30-3/h4-14,25H,15H2,1-3H3. The van der Waals surface area contributed by atoms with E-state index in [-0.39, 0.29) is 22.7 Å². The fourth-order valence-corrected chi connectivity index (χ4v) is 4.47. The summed E-state index contributed by atoms with van der Waals surface area (Å²) in [7, 11) is -1.000. The number of halogens is 1. The molecule has 162 valence electrons. The molecule has 1 amide bonds. The Hall–Kier alpha value is -3.39. The summed E-state index contributed by atoms with van der Waals surface area (Å²) in [6.07, 6.45) is 0. The highest BCUT2D eigenvalue weighted by atomic mass is 32.2. The van der Waals surface area contributed by atoms with Crippen molar-refractivity contribution in [2.24, 2.45) is 0 Å². The average molecular weight is 443 g/mol. The largest absolute Gasteiger partial charge is 0.495 e. The number of aryl methyl sites for hydroxylation is 1. The Balaban J connectivity index is 1.88. The molecule has 0 radical (unpaired) electrons. The summed E-state index contributed by atoms with van der Waals surface area (Å²) in [5.74, 6) is -0.451. The minimum Gasteiger partial charge on any atom is -0.495 e. The Morgan fingerprint density at radius 2 is 1.74 bits per heavy atom. The molecule has 0 saturated carbocycles. The number of amides is 1. The molecule has 0 atom stereocenters. The normalized spacial score (nSPS) is 11.1. The number of anilines is 1. The van der Waals surface area contributed by atoms with E-state index in [0.717, 1.165) is 0 Å². The second kappa shape index (κ2) is 9.18. The lowest BCUT2D eigenvalue weighted by Crippen LogP contribution is -2.27. The molecular weight excluding hydrogens is 419 g/mol. The second-order valence-electron chi connectivity index (χ2n) is 7.04. The smallest absolute Gasteiger partial charge is 0.262 e. The number of benzene rings is 3. The maximum atomic E-state index is 13.9. The van der Waals surface area contributed by atoms with E-state index in [2.05, 4.69) is 4.72 Å². The number of nitrogens with one attached hydrogen (secondary N) is 1. The van der Waals surface area contributed by atoms with Crippen molar-refractivity contribution >= 4 is 21.6 Å². The molecule has 3 aromatic carbocycles. The van der Waals surface area contributed by atoms with Crippen molar-refractivity contribution in [1.29, 1.82) is 0 Å². The number of carbonyl (C=O) groups is 1. The molecule has 0 fully saturated rings. The Morgan fingerprint density at radius 3 is 2.45 bits per heavy atom. The van der Waals surface area contributed by atoms with Gasteiger partial charge in [0.1, 0.15) is 11.6 Å². The summed E-state index contributed by atoms with van der Waals surface area (Å²) < 4.78 is 47.7. The highest BCUT2D eigenvalue weighted by Crippen LogP contribution is 2.27. The zero-order chi connectivity index (χ0) is 22.6. The van der Waals surface area contributed by atoms with Crippen LogP contribution in [0.4, 0.5) is 10.1 Å². The van der Waals surface area contributed by atoms with Crippen molar-refractivity contribution < 1.29 is 22.3 Å². The van der Waals surface area contributed by atoms with Gasteiger partial charge in [0.25, 0.3) is 15.9 Å². The summed E-state index contributed by atoms with van der Waals surface area (Å²) in [5, 5.41) is 0. The van der Waals surface area contributed by atoms with Gasteiger partial charge >= 0.3 is 0 Å². The van der Waals surface area contributed by atoms with Crippen LogP contribution in [0.1, 0.15) is 21.5 Å². The van der Waals surface area contributed by atoms with Crippen LogP contribution in [-0.4, -0.2) is 33.4 Å². The van der Waals surface area contributed by atoms with E-state index in [1.807, 2.05) is 0 Å². The Kier molecular flexibility index (Phi) is 6.60. The molecule has 0 heterocycles. The third-order valence-electron chi connectivity index (χ3n) is 4.79. The molecular formula is C23H23FN2O4S. The third kappa shape index (κ3) is 5.03. The first-order chi connectivity index (χ1) is 14.7. The van der Waals surface area contributed by atoms with E-state index < -0.39 is 21.7 Å². The number of para-hydroxylation sites is 2. The molecule has 0 aliphatic heterocycles. The Bertz CT molecular complexity index is 1210. The van der Waals surface area contributed by atoms with E-state index in [1.54, 1.807) is 61.5 Å².